The molecule has 0 spiro atoms. The molecule has 0 aromatic carbocycles. The molecular formula is C8H15N5O. The van der Waals surface area contributed by atoms with Crippen molar-refractivity contribution in [3.05, 3.63) is 11.6 Å². The van der Waals surface area contributed by atoms with E-state index in [1.807, 2.05) is 6.92 Å². The summed E-state index contributed by atoms with van der Waals surface area (Å²) in [6, 6.07) is 0. The van der Waals surface area contributed by atoms with E-state index in [-0.39, 0.29) is 11.7 Å². The second-order valence-electron chi connectivity index (χ2n) is 2.97. The van der Waals surface area contributed by atoms with Crippen molar-refractivity contribution in [2.75, 3.05) is 20.1 Å². The summed E-state index contributed by atoms with van der Waals surface area (Å²) < 4.78 is 0. The van der Waals surface area contributed by atoms with Gasteiger partial charge in [-0.05, 0) is 0 Å². The van der Waals surface area contributed by atoms with Gasteiger partial charge < -0.3 is 10.6 Å². The van der Waals surface area contributed by atoms with Gasteiger partial charge in [0.05, 0.1) is 0 Å². The number of amides is 1. The zero-order valence-electron chi connectivity index (χ0n) is 8.45. The number of aryl methyl sites for hydroxylation is 1. The van der Waals surface area contributed by atoms with Crippen LogP contribution in [-0.2, 0) is 6.42 Å². The topological polar surface area (TPSA) is 87.9 Å². The standard InChI is InChI=1S/C8H15N5O/c1-3-6-10-7(12-11-6)8(14)13(2)5-4-9/h3-5,9H2,1-2H3,(H,10,11,12). The Morgan fingerprint density at radius 1 is 1.64 bits per heavy atom. The van der Waals surface area contributed by atoms with Gasteiger partial charge in [0.1, 0.15) is 5.82 Å². The van der Waals surface area contributed by atoms with Gasteiger partial charge in [0.15, 0.2) is 0 Å². The number of carbonyl (C=O) groups excluding carboxylic acids is 1. The molecule has 1 aromatic heterocycles. The molecule has 1 heterocycles. The van der Waals surface area contributed by atoms with Crippen molar-refractivity contribution in [2.45, 2.75) is 13.3 Å². The highest BCUT2D eigenvalue weighted by Crippen LogP contribution is 1.97. The van der Waals surface area contributed by atoms with Crippen LogP contribution in [0.25, 0.3) is 0 Å². The van der Waals surface area contributed by atoms with Gasteiger partial charge in [0.25, 0.3) is 5.91 Å². The summed E-state index contributed by atoms with van der Waals surface area (Å²) in [6.07, 6.45) is 0.737. The third-order valence-electron chi connectivity index (χ3n) is 1.87. The van der Waals surface area contributed by atoms with Gasteiger partial charge in [-0.25, -0.2) is 4.98 Å². The van der Waals surface area contributed by atoms with Crippen molar-refractivity contribution in [1.82, 2.24) is 20.1 Å². The molecule has 0 atom stereocenters. The summed E-state index contributed by atoms with van der Waals surface area (Å²) in [6.45, 7) is 2.89. The molecule has 1 rings (SSSR count). The molecule has 1 amide bonds. The minimum Gasteiger partial charge on any atom is -0.338 e. The Morgan fingerprint density at radius 2 is 2.36 bits per heavy atom. The largest absolute Gasteiger partial charge is 0.338 e. The second-order valence-corrected chi connectivity index (χ2v) is 2.97. The minimum atomic E-state index is -0.202. The number of carbonyl (C=O) groups is 1. The lowest BCUT2D eigenvalue weighted by Crippen LogP contribution is -2.32. The van der Waals surface area contributed by atoms with Gasteiger partial charge in [0.2, 0.25) is 5.82 Å². The van der Waals surface area contributed by atoms with Crippen molar-refractivity contribution in [2.24, 2.45) is 5.73 Å². The molecular weight excluding hydrogens is 182 g/mol. The van der Waals surface area contributed by atoms with Crippen molar-refractivity contribution in [3.8, 4) is 0 Å². The maximum Gasteiger partial charge on any atom is 0.293 e. The molecule has 14 heavy (non-hydrogen) atoms. The minimum absolute atomic E-state index is 0.202. The van der Waals surface area contributed by atoms with Crippen LogP contribution in [0.4, 0.5) is 0 Å². The lowest BCUT2D eigenvalue weighted by atomic mass is 10.4. The first-order valence-corrected chi connectivity index (χ1v) is 4.55. The summed E-state index contributed by atoms with van der Waals surface area (Å²) in [7, 11) is 1.68. The highest BCUT2D eigenvalue weighted by Gasteiger charge is 2.15. The normalized spacial score (nSPS) is 10.2. The maximum atomic E-state index is 11.6. The van der Waals surface area contributed by atoms with Gasteiger partial charge in [-0.3, -0.25) is 9.89 Å². The number of hydrogen-bond donors (Lipinski definition) is 2. The number of nitrogens with two attached hydrogens (primary N) is 1. The molecule has 0 aliphatic heterocycles. The lowest BCUT2D eigenvalue weighted by molar-refractivity contribution is 0.0787. The quantitative estimate of drug-likeness (QED) is 0.674. The highest BCUT2D eigenvalue weighted by atomic mass is 16.2. The average Bonchev–Trinajstić information content (AvgIpc) is 2.65. The highest BCUT2D eigenvalue weighted by molar-refractivity contribution is 5.90. The monoisotopic (exact) mass is 197 g/mol. The summed E-state index contributed by atoms with van der Waals surface area (Å²) in [5.41, 5.74) is 5.33. The first-order valence-electron chi connectivity index (χ1n) is 4.55. The van der Waals surface area contributed by atoms with Crippen LogP contribution in [-0.4, -0.2) is 46.1 Å². The van der Waals surface area contributed by atoms with E-state index in [4.69, 9.17) is 5.73 Å². The Hall–Kier alpha value is -1.43. The molecule has 0 aliphatic rings. The molecule has 0 saturated heterocycles. The zero-order valence-corrected chi connectivity index (χ0v) is 8.45. The molecule has 0 fully saturated rings. The third-order valence-corrected chi connectivity index (χ3v) is 1.87. The fourth-order valence-corrected chi connectivity index (χ4v) is 1.01. The predicted octanol–water partition coefficient (Wildman–Crippen LogP) is -0.602. The van der Waals surface area contributed by atoms with E-state index in [9.17, 15) is 4.79 Å². The summed E-state index contributed by atoms with van der Waals surface area (Å²) in [5, 5.41) is 6.52. The number of aromatic nitrogens is 3. The Labute approximate surface area is 82.5 Å². The van der Waals surface area contributed by atoms with Crippen LogP contribution in [0.3, 0.4) is 0 Å². The summed E-state index contributed by atoms with van der Waals surface area (Å²) in [4.78, 5) is 17.1. The smallest absolute Gasteiger partial charge is 0.293 e. The summed E-state index contributed by atoms with van der Waals surface area (Å²) >= 11 is 0. The number of aromatic amines is 1. The molecule has 3 N–H and O–H groups in total. The van der Waals surface area contributed by atoms with Crippen molar-refractivity contribution in [3.63, 3.8) is 0 Å². The molecule has 6 nitrogen and oxygen atoms in total. The average molecular weight is 197 g/mol. The Morgan fingerprint density at radius 3 is 2.86 bits per heavy atom. The summed E-state index contributed by atoms with van der Waals surface area (Å²) in [5.74, 6) is 0.721. The maximum absolute atomic E-state index is 11.6. The van der Waals surface area contributed by atoms with Crippen LogP contribution < -0.4 is 5.73 Å². The van der Waals surface area contributed by atoms with Gasteiger partial charge in [-0.1, -0.05) is 6.92 Å². The fourth-order valence-electron chi connectivity index (χ4n) is 1.01. The van der Waals surface area contributed by atoms with Crippen LogP contribution in [0.15, 0.2) is 0 Å². The molecule has 0 bridgehead atoms. The van der Waals surface area contributed by atoms with E-state index in [1.165, 1.54) is 4.90 Å². The molecule has 6 heteroatoms. The molecule has 0 aliphatic carbocycles. The van der Waals surface area contributed by atoms with Gasteiger partial charge in [-0.2, -0.15) is 0 Å². The molecule has 1 aromatic rings. The lowest BCUT2D eigenvalue weighted by Gasteiger charge is -2.12. The number of hydrogen-bond acceptors (Lipinski definition) is 4. The fraction of sp³-hybridized carbons (Fsp3) is 0.625. The van der Waals surface area contributed by atoms with E-state index < -0.39 is 0 Å². The number of H-pyrrole nitrogens is 1. The van der Waals surface area contributed by atoms with E-state index >= 15 is 0 Å². The van der Waals surface area contributed by atoms with Crippen molar-refractivity contribution >= 4 is 5.91 Å². The zero-order chi connectivity index (χ0) is 10.6. The van der Waals surface area contributed by atoms with Gasteiger partial charge >= 0.3 is 0 Å². The van der Waals surface area contributed by atoms with E-state index in [0.717, 1.165) is 12.2 Å². The van der Waals surface area contributed by atoms with Crippen molar-refractivity contribution in [1.29, 1.82) is 0 Å². The predicted molar refractivity (Wildman–Crippen MR) is 51.8 cm³/mol. The number of likely N-dealkylation sites (N-methyl/N-ethyl adjacent to an activating group) is 1. The van der Waals surface area contributed by atoms with Crippen LogP contribution in [0, 0.1) is 0 Å². The molecule has 0 radical (unpaired) electrons. The number of nitrogens with one attached hydrogen (secondary N) is 1. The Balaban J connectivity index is 2.68. The number of nitrogens with zero attached hydrogens (tertiary/aromatic N) is 3. The van der Waals surface area contributed by atoms with E-state index in [0.29, 0.717) is 13.1 Å². The van der Waals surface area contributed by atoms with Crippen LogP contribution in [0.2, 0.25) is 0 Å². The van der Waals surface area contributed by atoms with Crippen LogP contribution in [0.5, 0.6) is 0 Å². The van der Waals surface area contributed by atoms with Crippen LogP contribution in [0.1, 0.15) is 23.4 Å². The van der Waals surface area contributed by atoms with Crippen LogP contribution >= 0.6 is 0 Å². The SMILES string of the molecule is CCc1nc(C(=O)N(C)CCN)n[nH]1. The van der Waals surface area contributed by atoms with Crippen molar-refractivity contribution < 1.29 is 4.79 Å². The Kier molecular flexibility index (Phi) is 3.58. The first-order chi connectivity index (χ1) is 6.69. The van der Waals surface area contributed by atoms with Gasteiger partial charge in [-0.15, -0.1) is 5.10 Å². The number of rotatable bonds is 4. The van der Waals surface area contributed by atoms with E-state index in [2.05, 4.69) is 15.2 Å². The third kappa shape index (κ3) is 2.29. The van der Waals surface area contributed by atoms with E-state index in [1.54, 1.807) is 7.05 Å². The second kappa shape index (κ2) is 4.71. The van der Waals surface area contributed by atoms with Gasteiger partial charge in [0, 0.05) is 26.6 Å². The first kappa shape index (κ1) is 10.6. The molecule has 0 unspecified atom stereocenters. The molecule has 0 saturated carbocycles. The molecule has 78 valence electrons. The Bertz CT molecular complexity index is 308.